The Morgan fingerprint density at radius 1 is 0.429 bits per heavy atom. The van der Waals surface area contributed by atoms with Crippen molar-refractivity contribution in [3.63, 3.8) is 0 Å². The number of aliphatic hydroxyl groups is 7. The second kappa shape index (κ2) is 50.2. The van der Waals surface area contributed by atoms with Gasteiger partial charge in [0.2, 0.25) is 0 Å². The van der Waals surface area contributed by atoms with Gasteiger partial charge in [0.05, 0.1) is 26.4 Å². The molecule has 0 aliphatic carbocycles. The third kappa shape index (κ3) is 36.5. The van der Waals surface area contributed by atoms with Gasteiger partial charge in [-0.25, -0.2) is 0 Å². The molecule has 11 atom stereocenters. The number of rotatable bonds is 53. The average molecular weight is 1100 g/mol. The van der Waals surface area contributed by atoms with Crippen molar-refractivity contribution in [2.75, 3.05) is 33.0 Å². The predicted octanol–water partition coefficient (Wildman–Crippen LogP) is 12.3. The van der Waals surface area contributed by atoms with Crippen LogP contribution < -0.4 is 0 Å². The fourth-order valence-electron chi connectivity index (χ4n) is 10.3. The molecule has 0 aromatic rings. The first-order valence-corrected chi connectivity index (χ1v) is 31.9. The highest BCUT2D eigenvalue weighted by Gasteiger charge is 2.47. The molecule has 0 spiro atoms. The van der Waals surface area contributed by atoms with E-state index in [0.717, 1.165) is 44.9 Å². The van der Waals surface area contributed by atoms with Gasteiger partial charge in [-0.1, -0.05) is 244 Å². The molecule has 0 radical (unpaired) electrons. The van der Waals surface area contributed by atoms with E-state index < -0.39 is 80.7 Å². The van der Waals surface area contributed by atoms with E-state index in [9.17, 15) is 40.5 Å². The van der Waals surface area contributed by atoms with Crippen molar-refractivity contribution in [3.05, 3.63) is 24.3 Å². The van der Waals surface area contributed by atoms with Crippen LogP contribution in [0.5, 0.6) is 0 Å². The fourth-order valence-corrected chi connectivity index (χ4v) is 10.3. The van der Waals surface area contributed by atoms with Crippen LogP contribution in [0.25, 0.3) is 0 Å². The fraction of sp³-hybridized carbons (Fsp3) is 0.921. The molecule has 0 aromatic carbocycles. The standard InChI is InChI=1S/C63H118O14/c1-3-5-7-9-11-13-15-17-19-21-23-25-27-29-31-33-35-37-39-41-43-45-47-72-49-52(50-73-62-61(71)59(69)57(67)54(77-62)51-74-63-60(70)58(68)56(66)53(48-64)76-63)75-55(65)46-44-42-40-38-36-34-32-30-28-26-24-22-20-18-16-14-12-10-8-6-4-2/h15,17,21,23,52-54,56-64,66-71H,3-14,16,18-20,22,24-51H2,1-2H3/b17-15-,23-21-. The number of carbonyl (C=O) groups is 1. The van der Waals surface area contributed by atoms with Crippen LogP contribution in [0.4, 0.5) is 0 Å². The second-order valence-electron chi connectivity index (χ2n) is 22.6. The van der Waals surface area contributed by atoms with Crippen LogP contribution in [0, 0.1) is 0 Å². The Bertz CT molecular complexity index is 1370. The van der Waals surface area contributed by atoms with Crippen molar-refractivity contribution < 1.29 is 69.0 Å². The zero-order valence-corrected chi connectivity index (χ0v) is 49.0. The van der Waals surface area contributed by atoms with Crippen LogP contribution in [0.1, 0.15) is 271 Å². The predicted molar refractivity (Wildman–Crippen MR) is 307 cm³/mol. The minimum absolute atomic E-state index is 0.0643. The summed E-state index contributed by atoms with van der Waals surface area (Å²) in [5, 5.41) is 72.5. The summed E-state index contributed by atoms with van der Waals surface area (Å²) in [4.78, 5) is 13.1. The summed E-state index contributed by atoms with van der Waals surface area (Å²) in [7, 11) is 0. The van der Waals surface area contributed by atoms with E-state index in [4.69, 9.17) is 28.4 Å². The van der Waals surface area contributed by atoms with Crippen LogP contribution >= 0.6 is 0 Å². The largest absolute Gasteiger partial charge is 0.457 e. The van der Waals surface area contributed by atoms with E-state index in [1.165, 1.54) is 199 Å². The third-order valence-corrected chi connectivity index (χ3v) is 15.5. The number of carbonyl (C=O) groups excluding carboxylic acids is 1. The minimum atomic E-state index is -1.71. The molecule has 14 nitrogen and oxygen atoms in total. The van der Waals surface area contributed by atoms with E-state index in [-0.39, 0.29) is 25.6 Å². The summed E-state index contributed by atoms with van der Waals surface area (Å²) >= 11 is 0. The van der Waals surface area contributed by atoms with Crippen molar-refractivity contribution in [2.24, 2.45) is 0 Å². The Labute approximate surface area is 468 Å². The first kappa shape index (κ1) is 71.6. The van der Waals surface area contributed by atoms with Gasteiger partial charge >= 0.3 is 5.97 Å². The smallest absolute Gasteiger partial charge is 0.306 e. The first-order chi connectivity index (χ1) is 37.6. The molecule has 2 aliphatic heterocycles. The molecular weight excluding hydrogens is 981 g/mol. The Morgan fingerprint density at radius 3 is 1.25 bits per heavy atom. The average Bonchev–Trinajstić information content (AvgIpc) is 3.43. The highest BCUT2D eigenvalue weighted by molar-refractivity contribution is 5.69. The highest BCUT2D eigenvalue weighted by atomic mass is 16.7. The lowest BCUT2D eigenvalue weighted by Crippen LogP contribution is -2.61. The normalized spacial score (nSPS) is 24.4. The van der Waals surface area contributed by atoms with Crippen LogP contribution in [-0.2, 0) is 33.2 Å². The van der Waals surface area contributed by atoms with Gasteiger partial charge < -0.3 is 64.2 Å². The third-order valence-electron chi connectivity index (χ3n) is 15.5. The van der Waals surface area contributed by atoms with Crippen LogP contribution in [0.3, 0.4) is 0 Å². The molecule has 77 heavy (non-hydrogen) atoms. The molecule has 0 aromatic heterocycles. The Balaban J connectivity index is 1.67. The van der Waals surface area contributed by atoms with Gasteiger partial charge in [-0.05, 0) is 44.9 Å². The van der Waals surface area contributed by atoms with Crippen molar-refractivity contribution in [3.8, 4) is 0 Å². The van der Waals surface area contributed by atoms with Crippen LogP contribution in [0.2, 0.25) is 0 Å². The Hall–Kier alpha value is -1.53. The summed E-state index contributed by atoms with van der Waals surface area (Å²) < 4.78 is 34.5. The Kier molecular flexibility index (Phi) is 46.7. The SMILES string of the molecule is CCCCCCC/C=C\C/C=C\CCCCCCCCCCCCOCC(COC1OC(COC2OC(CO)C(O)C(O)C2O)C(O)C(O)C1O)OC(=O)CCCCCCCCCCCCCCCCCCCCCCC. The maximum atomic E-state index is 13.1. The molecule has 2 heterocycles. The van der Waals surface area contributed by atoms with Gasteiger partial charge in [0.25, 0.3) is 0 Å². The quantitative estimate of drug-likeness (QED) is 0.0172. The molecular formula is C63H118O14. The first-order valence-electron chi connectivity index (χ1n) is 31.9. The molecule has 2 aliphatic rings. The number of ether oxygens (including phenoxy) is 6. The molecule has 7 N–H and O–H groups in total. The monoisotopic (exact) mass is 1100 g/mol. The van der Waals surface area contributed by atoms with Crippen LogP contribution in [0.15, 0.2) is 24.3 Å². The van der Waals surface area contributed by atoms with E-state index in [1.54, 1.807) is 0 Å². The number of allylic oxidation sites excluding steroid dienone is 4. The number of esters is 1. The number of hydrogen-bond donors (Lipinski definition) is 7. The molecule has 0 amide bonds. The van der Waals surface area contributed by atoms with Gasteiger partial charge in [-0.2, -0.15) is 0 Å². The molecule has 454 valence electrons. The summed E-state index contributed by atoms with van der Waals surface area (Å²) in [6, 6.07) is 0. The maximum Gasteiger partial charge on any atom is 0.306 e. The molecule has 14 heteroatoms. The molecule has 11 unspecified atom stereocenters. The van der Waals surface area contributed by atoms with E-state index in [2.05, 4.69) is 38.2 Å². The highest BCUT2D eigenvalue weighted by Crippen LogP contribution is 2.27. The Morgan fingerprint density at radius 2 is 0.805 bits per heavy atom. The number of aliphatic hydroxyl groups excluding tert-OH is 7. The molecule has 2 fully saturated rings. The van der Waals surface area contributed by atoms with Gasteiger partial charge in [-0.3, -0.25) is 4.79 Å². The van der Waals surface area contributed by atoms with Gasteiger partial charge in [-0.15, -0.1) is 0 Å². The maximum absolute atomic E-state index is 13.1. The molecule has 0 bridgehead atoms. The lowest BCUT2D eigenvalue weighted by Gasteiger charge is -2.42. The topological polar surface area (TPSA) is 214 Å². The van der Waals surface area contributed by atoms with E-state index in [1.807, 2.05) is 0 Å². The van der Waals surface area contributed by atoms with Crippen LogP contribution in [-0.4, -0.2) is 142 Å². The number of hydrogen-bond acceptors (Lipinski definition) is 14. The lowest BCUT2D eigenvalue weighted by molar-refractivity contribution is -0.332. The zero-order valence-electron chi connectivity index (χ0n) is 49.0. The van der Waals surface area contributed by atoms with Crippen molar-refractivity contribution in [1.82, 2.24) is 0 Å². The molecule has 2 rings (SSSR count). The van der Waals surface area contributed by atoms with Crippen molar-refractivity contribution >= 4 is 5.97 Å². The second-order valence-corrected chi connectivity index (χ2v) is 22.6. The van der Waals surface area contributed by atoms with Gasteiger partial charge in [0.1, 0.15) is 54.9 Å². The molecule has 2 saturated heterocycles. The summed E-state index contributed by atoms with van der Waals surface area (Å²) in [5.74, 6) is -0.370. The molecule has 0 saturated carbocycles. The number of unbranched alkanes of at least 4 members (excludes halogenated alkanes) is 35. The summed E-state index contributed by atoms with van der Waals surface area (Å²) in [6.07, 6.45) is 42.4. The van der Waals surface area contributed by atoms with E-state index >= 15 is 0 Å². The lowest BCUT2D eigenvalue weighted by atomic mass is 9.98. The minimum Gasteiger partial charge on any atom is -0.457 e. The van der Waals surface area contributed by atoms with Crippen molar-refractivity contribution in [1.29, 1.82) is 0 Å². The summed E-state index contributed by atoms with van der Waals surface area (Å²) in [5.41, 5.74) is 0. The van der Waals surface area contributed by atoms with Gasteiger partial charge in [0.15, 0.2) is 12.6 Å². The van der Waals surface area contributed by atoms with Gasteiger partial charge in [0, 0.05) is 13.0 Å². The van der Waals surface area contributed by atoms with E-state index in [0.29, 0.717) is 13.0 Å². The zero-order chi connectivity index (χ0) is 55.8. The summed E-state index contributed by atoms with van der Waals surface area (Å²) in [6.45, 7) is 3.74. The van der Waals surface area contributed by atoms with Crippen molar-refractivity contribution in [2.45, 2.75) is 338 Å².